The summed E-state index contributed by atoms with van der Waals surface area (Å²) in [6.07, 6.45) is 2.14. The number of hydrogen-bond acceptors (Lipinski definition) is 2. The maximum absolute atomic E-state index is 6.75. The molecule has 3 aliphatic rings. The summed E-state index contributed by atoms with van der Waals surface area (Å²) in [5.41, 5.74) is 21.1. The number of fused-ring (bicyclic) bond motifs is 13. The van der Waals surface area contributed by atoms with Crippen LogP contribution < -0.4 is 4.90 Å². The van der Waals surface area contributed by atoms with Crippen LogP contribution in [0.15, 0.2) is 180 Å². The number of para-hydroxylation sites is 2. The van der Waals surface area contributed by atoms with Crippen LogP contribution >= 0.6 is 0 Å². The predicted molar refractivity (Wildman–Crippen MR) is 231 cm³/mol. The largest absolute Gasteiger partial charge is 0.454 e. The van der Waals surface area contributed by atoms with Gasteiger partial charge in [0.2, 0.25) is 0 Å². The Morgan fingerprint density at radius 3 is 1.96 bits per heavy atom. The lowest BCUT2D eigenvalue weighted by Gasteiger charge is -2.31. The highest BCUT2D eigenvalue weighted by atomic mass is 16.3. The number of nitrogens with zero attached hydrogens (tertiary/aromatic N) is 1. The van der Waals surface area contributed by atoms with Gasteiger partial charge >= 0.3 is 0 Å². The first kappa shape index (κ1) is 31.7. The van der Waals surface area contributed by atoms with E-state index < -0.39 is 0 Å². The third-order valence-corrected chi connectivity index (χ3v) is 13.3. The predicted octanol–water partition coefficient (Wildman–Crippen LogP) is 14.3. The van der Waals surface area contributed by atoms with Gasteiger partial charge in [-0.3, -0.25) is 0 Å². The SMILES string of the molecule is CC1(C)c2ccccc2-c2cccc(-c3ccc(N(c4ccc5c(c4)C4(CCc6ccccc64)c4ccccc4-5)c4cccc5c4oc4ccccc45)cc3)c21. The molecule has 0 saturated heterocycles. The molecule has 8 aromatic carbocycles. The molecule has 0 N–H and O–H groups in total. The second-order valence-corrected chi connectivity index (χ2v) is 16.4. The van der Waals surface area contributed by atoms with E-state index in [1.165, 1.54) is 66.8 Å². The zero-order valence-corrected chi connectivity index (χ0v) is 31.5. The molecule has 56 heavy (non-hydrogen) atoms. The molecule has 2 nitrogen and oxygen atoms in total. The standard InChI is InChI=1S/C54H39NO/c1-53(2)46-21-8-4-15-40(46)43-18-11-17-38(51(43)53)34-25-27-36(28-26-34)55(49-23-12-19-44-42-16-6-10-24-50(42)56-52(44)49)37-29-30-41-39-14-5-9-22-47(39)54(48(41)33-37)32-31-35-13-3-7-20-45(35)54/h3-30,33H,31-32H2,1-2H3. The summed E-state index contributed by atoms with van der Waals surface area (Å²) in [5.74, 6) is 0. The summed E-state index contributed by atoms with van der Waals surface area (Å²) in [5, 5.41) is 2.25. The summed E-state index contributed by atoms with van der Waals surface area (Å²) in [6.45, 7) is 4.74. The Labute approximate surface area is 327 Å². The highest BCUT2D eigenvalue weighted by molar-refractivity contribution is 6.10. The molecule has 266 valence electrons. The minimum Gasteiger partial charge on any atom is -0.454 e. The topological polar surface area (TPSA) is 16.4 Å². The van der Waals surface area contributed by atoms with Crippen LogP contribution in [0.25, 0.3) is 55.3 Å². The van der Waals surface area contributed by atoms with Gasteiger partial charge in [-0.1, -0.05) is 153 Å². The van der Waals surface area contributed by atoms with Crippen molar-refractivity contribution in [2.24, 2.45) is 0 Å². The molecule has 0 aliphatic heterocycles. The van der Waals surface area contributed by atoms with Crippen molar-refractivity contribution in [1.82, 2.24) is 0 Å². The van der Waals surface area contributed by atoms with E-state index in [0.29, 0.717) is 0 Å². The molecular formula is C54H39NO. The molecule has 0 amide bonds. The van der Waals surface area contributed by atoms with Crippen LogP contribution in [-0.2, 0) is 17.3 Å². The smallest absolute Gasteiger partial charge is 0.159 e. The molecule has 0 fully saturated rings. The Morgan fingerprint density at radius 1 is 0.482 bits per heavy atom. The summed E-state index contributed by atoms with van der Waals surface area (Å²) in [4.78, 5) is 2.42. The van der Waals surface area contributed by atoms with Crippen LogP contribution in [0.2, 0.25) is 0 Å². The van der Waals surface area contributed by atoms with Crippen LogP contribution in [0, 0.1) is 0 Å². The van der Waals surface area contributed by atoms with E-state index in [4.69, 9.17) is 4.42 Å². The Bertz CT molecular complexity index is 3070. The van der Waals surface area contributed by atoms with Gasteiger partial charge in [0.25, 0.3) is 0 Å². The fraction of sp³-hybridized carbons (Fsp3) is 0.111. The quantitative estimate of drug-likeness (QED) is 0.180. The molecule has 1 spiro atoms. The minimum absolute atomic E-state index is 0.0963. The molecule has 1 heterocycles. The molecule has 12 rings (SSSR count). The summed E-state index contributed by atoms with van der Waals surface area (Å²) in [6, 6.07) is 65.2. The van der Waals surface area contributed by atoms with Crippen LogP contribution in [-0.4, -0.2) is 0 Å². The lowest BCUT2D eigenvalue weighted by molar-refractivity contribution is 0.626. The summed E-state index contributed by atoms with van der Waals surface area (Å²) >= 11 is 0. The van der Waals surface area contributed by atoms with E-state index in [9.17, 15) is 0 Å². The molecule has 1 unspecified atom stereocenters. The third kappa shape index (κ3) is 4.16. The van der Waals surface area contributed by atoms with Crippen molar-refractivity contribution in [3.8, 4) is 33.4 Å². The highest BCUT2D eigenvalue weighted by Gasteiger charge is 2.48. The number of aryl methyl sites for hydroxylation is 1. The van der Waals surface area contributed by atoms with Crippen LogP contribution in [0.4, 0.5) is 17.1 Å². The molecule has 2 heteroatoms. The molecule has 1 atom stereocenters. The van der Waals surface area contributed by atoms with Gasteiger partial charge in [0, 0.05) is 33.0 Å². The summed E-state index contributed by atoms with van der Waals surface area (Å²) in [7, 11) is 0. The van der Waals surface area contributed by atoms with Crippen LogP contribution in [0.5, 0.6) is 0 Å². The average molecular weight is 718 g/mol. The first-order valence-corrected chi connectivity index (χ1v) is 19.9. The Hall–Kier alpha value is -6.64. The van der Waals surface area contributed by atoms with E-state index in [-0.39, 0.29) is 10.8 Å². The van der Waals surface area contributed by atoms with Gasteiger partial charge < -0.3 is 9.32 Å². The summed E-state index contributed by atoms with van der Waals surface area (Å²) < 4.78 is 6.75. The highest BCUT2D eigenvalue weighted by Crippen LogP contribution is 2.59. The van der Waals surface area contributed by atoms with E-state index in [0.717, 1.165) is 51.8 Å². The van der Waals surface area contributed by atoms with Gasteiger partial charge in [-0.15, -0.1) is 0 Å². The van der Waals surface area contributed by atoms with Crippen molar-refractivity contribution >= 4 is 39.0 Å². The molecular weight excluding hydrogens is 679 g/mol. The fourth-order valence-electron chi connectivity index (χ4n) is 10.9. The molecule has 0 bridgehead atoms. The maximum atomic E-state index is 6.75. The van der Waals surface area contributed by atoms with Crippen molar-refractivity contribution in [3.05, 3.63) is 209 Å². The van der Waals surface area contributed by atoms with Crippen molar-refractivity contribution in [2.75, 3.05) is 4.90 Å². The van der Waals surface area contributed by atoms with Gasteiger partial charge in [-0.25, -0.2) is 0 Å². The van der Waals surface area contributed by atoms with Crippen LogP contribution in [0.3, 0.4) is 0 Å². The number of rotatable bonds is 4. The Morgan fingerprint density at radius 2 is 1.11 bits per heavy atom. The van der Waals surface area contributed by atoms with Gasteiger partial charge in [0.05, 0.1) is 5.69 Å². The molecule has 3 aliphatic carbocycles. The van der Waals surface area contributed by atoms with Gasteiger partial charge in [0.1, 0.15) is 5.58 Å². The van der Waals surface area contributed by atoms with Crippen LogP contribution in [0.1, 0.15) is 53.6 Å². The number of anilines is 3. The zero-order chi connectivity index (χ0) is 37.2. The van der Waals surface area contributed by atoms with Crippen molar-refractivity contribution < 1.29 is 4.42 Å². The second-order valence-electron chi connectivity index (χ2n) is 16.4. The maximum Gasteiger partial charge on any atom is 0.159 e. The van der Waals surface area contributed by atoms with Gasteiger partial charge in [0.15, 0.2) is 5.58 Å². The monoisotopic (exact) mass is 717 g/mol. The van der Waals surface area contributed by atoms with Crippen molar-refractivity contribution in [1.29, 1.82) is 0 Å². The Balaban J connectivity index is 1.06. The average Bonchev–Trinajstić information content (AvgIpc) is 3.97. The minimum atomic E-state index is -0.183. The molecule has 1 aromatic heterocycles. The zero-order valence-electron chi connectivity index (χ0n) is 31.5. The normalized spacial score (nSPS) is 16.8. The van der Waals surface area contributed by atoms with E-state index >= 15 is 0 Å². The van der Waals surface area contributed by atoms with Crippen molar-refractivity contribution in [3.63, 3.8) is 0 Å². The first-order valence-electron chi connectivity index (χ1n) is 19.9. The molecule has 9 aromatic rings. The van der Waals surface area contributed by atoms with Gasteiger partial charge in [-0.2, -0.15) is 0 Å². The number of hydrogen-bond donors (Lipinski definition) is 0. The van der Waals surface area contributed by atoms with E-state index in [1.54, 1.807) is 0 Å². The lowest BCUT2D eigenvalue weighted by atomic mass is 9.73. The number of benzene rings is 8. The van der Waals surface area contributed by atoms with E-state index in [1.807, 2.05) is 0 Å². The van der Waals surface area contributed by atoms with E-state index in [2.05, 4.69) is 195 Å². The Kier molecular flexibility index (Phi) is 6.47. The first-order chi connectivity index (χ1) is 27.5. The molecule has 0 radical (unpaired) electrons. The fourth-order valence-corrected chi connectivity index (χ4v) is 10.9. The second kappa shape index (κ2) is 11.4. The lowest BCUT2D eigenvalue weighted by Crippen LogP contribution is -2.24. The third-order valence-electron chi connectivity index (χ3n) is 13.3. The number of furan rings is 1. The van der Waals surface area contributed by atoms with Gasteiger partial charge in [-0.05, 0) is 116 Å². The van der Waals surface area contributed by atoms with Crippen molar-refractivity contribution in [2.45, 2.75) is 37.5 Å². The molecule has 0 saturated carbocycles.